The highest BCUT2D eigenvalue weighted by atomic mass is 16.4. The van der Waals surface area contributed by atoms with Gasteiger partial charge in [-0.05, 0) is 37.3 Å². The zero-order valence-corrected chi connectivity index (χ0v) is 12.2. The Morgan fingerprint density at radius 3 is 2.75 bits per heavy atom. The molecule has 0 aliphatic heterocycles. The number of pyridine rings is 1. The van der Waals surface area contributed by atoms with E-state index < -0.39 is 5.97 Å². The van der Waals surface area contributed by atoms with Crippen LogP contribution in [0.2, 0.25) is 0 Å². The van der Waals surface area contributed by atoms with E-state index in [1.54, 1.807) is 12.1 Å². The van der Waals surface area contributed by atoms with Gasteiger partial charge in [0.15, 0.2) is 0 Å². The van der Waals surface area contributed by atoms with Gasteiger partial charge in [0.05, 0.1) is 5.56 Å². The lowest BCUT2D eigenvalue weighted by molar-refractivity contribution is 0.0696. The fraction of sp³-hybridized carbons (Fsp3) is 0.625. The first-order chi connectivity index (χ1) is 9.69. The second kappa shape index (κ2) is 7.27. The van der Waals surface area contributed by atoms with Crippen molar-refractivity contribution in [2.75, 3.05) is 11.9 Å². The first-order valence-corrected chi connectivity index (χ1v) is 7.67. The number of aromatic nitrogens is 1. The van der Waals surface area contributed by atoms with Crippen molar-refractivity contribution in [2.45, 2.75) is 51.9 Å². The molecular formula is C16H24N2O2. The summed E-state index contributed by atoms with van der Waals surface area (Å²) in [6.07, 6.45) is 8.31. The molecule has 0 aromatic carbocycles. The average Bonchev–Trinajstić information content (AvgIpc) is 2.46. The Bertz CT molecular complexity index is 454. The predicted octanol–water partition coefficient (Wildman–Crippen LogP) is 3.72. The molecule has 0 amide bonds. The Morgan fingerprint density at radius 1 is 1.35 bits per heavy atom. The van der Waals surface area contributed by atoms with Crippen LogP contribution >= 0.6 is 0 Å². The molecule has 2 rings (SSSR count). The molecule has 20 heavy (non-hydrogen) atoms. The van der Waals surface area contributed by atoms with Gasteiger partial charge in [-0.3, -0.25) is 0 Å². The lowest BCUT2D eigenvalue weighted by Gasteiger charge is -2.22. The van der Waals surface area contributed by atoms with E-state index in [4.69, 9.17) is 5.11 Å². The van der Waals surface area contributed by atoms with Crippen molar-refractivity contribution in [3.05, 3.63) is 23.4 Å². The van der Waals surface area contributed by atoms with E-state index in [2.05, 4.69) is 17.2 Å². The van der Waals surface area contributed by atoms with Crippen LogP contribution in [0.5, 0.6) is 0 Å². The summed E-state index contributed by atoms with van der Waals surface area (Å²) in [7, 11) is 0. The van der Waals surface area contributed by atoms with Gasteiger partial charge in [-0.2, -0.15) is 0 Å². The van der Waals surface area contributed by atoms with E-state index in [-0.39, 0.29) is 0 Å². The van der Waals surface area contributed by atoms with Crippen molar-refractivity contribution in [2.24, 2.45) is 5.92 Å². The second-order valence-electron chi connectivity index (χ2n) is 5.67. The monoisotopic (exact) mass is 276 g/mol. The minimum absolute atomic E-state index is 0.328. The van der Waals surface area contributed by atoms with E-state index in [0.29, 0.717) is 17.3 Å². The van der Waals surface area contributed by atoms with Gasteiger partial charge in [-0.15, -0.1) is 0 Å². The van der Waals surface area contributed by atoms with Crippen LogP contribution in [0.25, 0.3) is 0 Å². The van der Waals surface area contributed by atoms with Gasteiger partial charge < -0.3 is 10.4 Å². The van der Waals surface area contributed by atoms with Gasteiger partial charge >= 0.3 is 5.97 Å². The molecular weight excluding hydrogens is 252 g/mol. The Labute approximate surface area is 120 Å². The number of anilines is 1. The van der Waals surface area contributed by atoms with Crippen molar-refractivity contribution >= 4 is 11.8 Å². The number of carbonyl (C=O) groups is 1. The summed E-state index contributed by atoms with van der Waals surface area (Å²) in [5.41, 5.74) is 1.19. The molecule has 0 bridgehead atoms. The van der Waals surface area contributed by atoms with Gasteiger partial charge in [0, 0.05) is 12.2 Å². The Balaban J connectivity index is 2.03. The minimum atomic E-state index is -0.884. The molecule has 0 spiro atoms. The fourth-order valence-corrected chi connectivity index (χ4v) is 2.83. The summed E-state index contributed by atoms with van der Waals surface area (Å²) in [5.74, 6) is 0.526. The Hall–Kier alpha value is -1.58. The van der Waals surface area contributed by atoms with Crippen molar-refractivity contribution in [1.29, 1.82) is 0 Å². The van der Waals surface area contributed by atoms with E-state index in [1.165, 1.54) is 32.1 Å². The third-order valence-electron chi connectivity index (χ3n) is 3.93. The number of carboxylic acid groups (broad SMARTS) is 1. The summed E-state index contributed by atoms with van der Waals surface area (Å²) in [5, 5.41) is 12.5. The SMILES string of the molecule is CCCc1cc(C(=O)O)cc(NCC2CCCCC2)n1. The van der Waals surface area contributed by atoms with Gasteiger partial charge in [0.1, 0.15) is 5.82 Å². The Morgan fingerprint density at radius 2 is 2.10 bits per heavy atom. The molecule has 4 nitrogen and oxygen atoms in total. The second-order valence-corrected chi connectivity index (χ2v) is 5.67. The van der Waals surface area contributed by atoms with Crippen LogP contribution in [0.3, 0.4) is 0 Å². The van der Waals surface area contributed by atoms with Gasteiger partial charge in [-0.25, -0.2) is 9.78 Å². The molecule has 1 heterocycles. The van der Waals surface area contributed by atoms with E-state index in [1.807, 2.05) is 0 Å². The summed E-state index contributed by atoms with van der Waals surface area (Å²) in [4.78, 5) is 15.7. The molecule has 0 unspecified atom stereocenters. The van der Waals surface area contributed by atoms with Gasteiger partial charge in [0.25, 0.3) is 0 Å². The molecule has 1 aliphatic rings. The number of aryl methyl sites for hydroxylation is 1. The Kier molecular flexibility index (Phi) is 5.39. The normalized spacial score (nSPS) is 16.1. The zero-order chi connectivity index (χ0) is 14.4. The predicted molar refractivity (Wildman–Crippen MR) is 80.3 cm³/mol. The zero-order valence-electron chi connectivity index (χ0n) is 12.2. The lowest BCUT2D eigenvalue weighted by Crippen LogP contribution is -2.18. The molecule has 1 aliphatic carbocycles. The highest BCUT2D eigenvalue weighted by Crippen LogP contribution is 2.24. The number of carboxylic acids is 1. The summed E-state index contributed by atoms with van der Waals surface area (Å²) in [6, 6.07) is 3.32. The minimum Gasteiger partial charge on any atom is -0.478 e. The van der Waals surface area contributed by atoms with E-state index >= 15 is 0 Å². The number of nitrogens with zero attached hydrogens (tertiary/aromatic N) is 1. The lowest BCUT2D eigenvalue weighted by atomic mass is 9.89. The maximum atomic E-state index is 11.2. The third kappa shape index (κ3) is 4.22. The quantitative estimate of drug-likeness (QED) is 0.831. The molecule has 1 fully saturated rings. The molecule has 0 atom stereocenters. The molecule has 2 N–H and O–H groups in total. The fourth-order valence-electron chi connectivity index (χ4n) is 2.83. The molecule has 0 saturated heterocycles. The maximum absolute atomic E-state index is 11.2. The largest absolute Gasteiger partial charge is 0.478 e. The summed E-state index contributed by atoms with van der Waals surface area (Å²) in [6.45, 7) is 2.98. The topological polar surface area (TPSA) is 62.2 Å². The smallest absolute Gasteiger partial charge is 0.335 e. The number of hydrogen-bond acceptors (Lipinski definition) is 3. The molecule has 110 valence electrons. The van der Waals surface area contributed by atoms with Crippen LogP contribution in [0, 0.1) is 5.92 Å². The first-order valence-electron chi connectivity index (χ1n) is 7.67. The van der Waals surface area contributed by atoms with Crippen molar-refractivity contribution in [3.8, 4) is 0 Å². The summed E-state index contributed by atoms with van der Waals surface area (Å²) < 4.78 is 0. The number of hydrogen-bond donors (Lipinski definition) is 2. The first kappa shape index (κ1) is 14.8. The van der Waals surface area contributed by atoms with E-state index in [0.717, 1.165) is 25.1 Å². The van der Waals surface area contributed by atoms with Crippen LogP contribution in [-0.2, 0) is 6.42 Å². The molecule has 1 aromatic heterocycles. The summed E-state index contributed by atoms with van der Waals surface area (Å²) >= 11 is 0. The van der Waals surface area contributed by atoms with Crippen LogP contribution < -0.4 is 5.32 Å². The number of aromatic carboxylic acids is 1. The van der Waals surface area contributed by atoms with Gasteiger partial charge in [-0.1, -0.05) is 32.6 Å². The average molecular weight is 276 g/mol. The van der Waals surface area contributed by atoms with E-state index in [9.17, 15) is 4.79 Å². The third-order valence-corrected chi connectivity index (χ3v) is 3.93. The highest BCUT2D eigenvalue weighted by molar-refractivity contribution is 5.88. The standard InChI is InChI=1S/C16H24N2O2/c1-2-6-14-9-13(16(19)20)10-15(18-14)17-11-12-7-4-3-5-8-12/h9-10,12H,2-8,11H2,1H3,(H,17,18)(H,19,20). The van der Waals surface area contributed by atoms with Crippen LogP contribution in [0.1, 0.15) is 61.5 Å². The molecule has 0 radical (unpaired) electrons. The van der Waals surface area contributed by atoms with Crippen LogP contribution in [-0.4, -0.2) is 22.6 Å². The number of rotatable bonds is 6. The highest BCUT2D eigenvalue weighted by Gasteiger charge is 2.14. The number of nitrogens with one attached hydrogen (secondary N) is 1. The van der Waals surface area contributed by atoms with Crippen molar-refractivity contribution in [1.82, 2.24) is 4.98 Å². The van der Waals surface area contributed by atoms with Crippen LogP contribution in [0.4, 0.5) is 5.82 Å². The molecule has 1 saturated carbocycles. The molecule has 4 heteroatoms. The van der Waals surface area contributed by atoms with Crippen LogP contribution in [0.15, 0.2) is 12.1 Å². The van der Waals surface area contributed by atoms with Gasteiger partial charge in [0.2, 0.25) is 0 Å². The maximum Gasteiger partial charge on any atom is 0.335 e. The van der Waals surface area contributed by atoms with Crippen molar-refractivity contribution in [3.63, 3.8) is 0 Å². The molecule has 1 aromatic rings. The van der Waals surface area contributed by atoms with Crippen molar-refractivity contribution < 1.29 is 9.90 Å².